The highest BCUT2D eigenvalue weighted by atomic mass is 16.4. The molecule has 0 aliphatic rings. The van der Waals surface area contributed by atoms with Gasteiger partial charge in [-0.25, -0.2) is 9.55 Å². The minimum absolute atomic E-state index is 0.843. The zero-order chi connectivity index (χ0) is 12.6. The lowest BCUT2D eigenvalue weighted by molar-refractivity contribution is -0.677. The summed E-state index contributed by atoms with van der Waals surface area (Å²) in [6, 6.07) is -0.843. The number of rotatable bonds is 4. The smallest absolute Gasteiger partial charge is 0.253 e. The van der Waals surface area contributed by atoms with E-state index >= 15 is 0 Å². The van der Waals surface area contributed by atoms with E-state index in [1.165, 1.54) is 32.0 Å². The fourth-order valence-corrected chi connectivity index (χ4v) is 1.03. The Morgan fingerprint density at radius 1 is 1.69 bits per heavy atom. The number of hydrogen-bond donors (Lipinski definition) is 2. The minimum Gasteiger partial charge on any atom is -0.548 e. The molecule has 0 saturated carbocycles. The summed E-state index contributed by atoms with van der Waals surface area (Å²) in [6.07, 6.45) is 7.73. The molecule has 0 spiro atoms. The van der Waals surface area contributed by atoms with Crippen molar-refractivity contribution in [2.75, 3.05) is 0 Å². The zero-order valence-electron chi connectivity index (χ0n) is 10.2. The van der Waals surface area contributed by atoms with Gasteiger partial charge in [0.1, 0.15) is 12.4 Å². The summed E-state index contributed by atoms with van der Waals surface area (Å²) in [5.74, 6) is 0.108. The Labute approximate surface area is 96.3 Å². The first kappa shape index (κ1) is 14.6. The normalized spacial score (nSPS) is 11.5. The molecule has 16 heavy (non-hydrogen) atoms. The van der Waals surface area contributed by atoms with E-state index in [1.807, 2.05) is 12.4 Å². The fraction of sp³-hybridized carbons (Fsp3) is 0.636. The van der Waals surface area contributed by atoms with Gasteiger partial charge in [-0.15, -0.1) is 0 Å². The van der Waals surface area contributed by atoms with Crippen LogP contribution < -0.4 is 15.4 Å². The van der Waals surface area contributed by atoms with E-state index in [9.17, 15) is 9.90 Å². The molecule has 3 N–H and O–H groups in total. The van der Waals surface area contributed by atoms with Gasteiger partial charge in [0.15, 0.2) is 0 Å². The second-order valence-corrected chi connectivity index (χ2v) is 3.73. The van der Waals surface area contributed by atoms with Crippen LogP contribution in [0.2, 0.25) is 0 Å². The van der Waals surface area contributed by atoms with E-state index in [0.717, 1.165) is 0 Å². The molecule has 5 heteroatoms. The van der Waals surface area contributed by atoms with Crippen LogP contribution in [0.15, 0.2) is 12.4 Å². The Hall–Kier alpha value is -1.36. The molecule has 0 radical (unpaired) electrons. The highest BCUT2D eigenvalue weighted by molar-refractivity contribution is 5.70. The van der Waals surface area contributed by atoms with Crippen molar-refractivity contribution in [2.45, 2.75) is 39.2 Å². The lowest BCUT2D eigenvalue weighted by Gasteiger charge is -2.01. The van der Waals surface area contributed by atoms with E-state index in [2.05, 4.69) is 23.5 Å². The largest absolute Gasteiger partial charge is 0.548 e. The summed E-state index contributed by atoms with van der Waals surface area (Å²) >= 11 is 0. The van der Waals surface area contributed by atoms with Crippen LogP contribution in [-0.4, -0.2) is 17.0 Å². The average Bonchev–Trinajstić information content (AvgIpc) is 2.62. The third-order valence-corrected chi connectivity index (χ3v) is 2.11. The monoisotopic (exact) mass is 227 g/mol. The maximum atomic E-state index is 9.46. The number of carboxylic acid groups (broad SMARTS) is 1. The van der Waals surface area contributed by atoms with E-state index in [1.54, 1.807) is 0 Å². The number of aliphatic carboxylic acids is 1. The number of aromatic amines is 1. The highest BCUT2D eigenvalue weighted by Gasteiger charge is 2.03. The molecule has 0 unspecified atom stereocenters. The maximum Gasteiger partial charge on any atom is 0.253 e. The molecule has 1 atom stereocenters. The molecule has 1 aromatic rings. The zero-order valence-corrected chi connectivity index (χ0v) is 10.2. The van der Waals surface area contributed by atoms with Gasteiger partial charge >= 0.3 is 0 Å². The molecule has 0 saturated heterocycles. The number of carboxylic acids is 1. The summed E-state index contributed by atoms with van der Waals surface area (Å²) in [5, 5.41) is 9.46. The molecular weight excluding hydrogens is 206 g/mol. The summed E-state index contributed by atoms with van der Waals surface area (Å²) in [5.41, 5.74) is 4.77. The molecule has 0 aliphatic heterocycles. The molecule has 0 aliphatic carbocycles. The molecule has 92 valence electrons. The number of imidazole rings is 1. The molecule has 0 bridgehead atoms. The van der Waals surface area contributed by atoms with Gasteiger partial charge in [0.2, 0.25) is 0 Å². The summed E-state index contributed by atoms with van der Waals surface area (Å²) < 4.78 is 2.13. The van der Waals surface area contributed by atoms with Gasteiger partial charge in [0.05, 0.1) is 13.0 Å². The number of unbranched alkanes of at least 4 members (excludes halogenated alkanes) is 1. The number of nitrogens with zero attached hydrogens (tertiary/aromatic N) is 1. The molecule has 0 fully saturated rings. The third-order valence-electron chi connectivity index (χ3n) is 2.11. The first-order valence-corrected chi connectivity index (χ1v) is 5.47. The van der Waals surface area contributed by atoms with Crippen LogP contribution in [0.5, 0.6) is 0 Å². The van der Waals surface area contributed by atoms with Crippen LogP contribution in [0, 0.1) is 0 Å². The predicted octanol–water partition coefficient (Wildman–Crippen LogP) is -0.735. The Bertz CT molecular complexity index is 308. The number of H-pyrrole nitrogens is 1. The fourth-order valence-electron chi connectivity index (χ4n) is 1.03. The van der Waals surface area contributed by atoms with Gasteiger partial charge in [-0.05, 0) is 13.3 Å². The number of hydrogen-bond acceptors (Lipinski definition) is 3. The van der Waals surface area contributed by atoms with Crippen molar-refractivity contribution < 1.29 is 14.5 Å². The van der Waals surface area contributed by atoms with E-state index in [-0.39, 0.29) is 0 Å². The van der Waals surface area contributed by atoms with Crippen molar-refractivity contribution in [3.8, 4) is 0 Å². The first-order valence-electron chi connectivity index (χ1n) is 5.47. The second-order valence-electron chi connectivity index (χ2n) is 3.73. The quantitative estimate of drug-likeness (QED) is 0.665. The Balaban J connectivity index is 0.000000325. The van der Waals surface area contributed by atoms with Crippen molar-refractivity contribution in [1.82, 2.24) is 4.98 Å². The van der Waals surface area contributed by atoms with Gasteiger partial charge in [0, 0.05) is 12.5 Å². The predicted molar refractivity (Wildman–Crippen MR) is 59.2 cm³/mol. The minimum atomic E-state index is -1.21. The number of aromatic nitrogens is 2. The van der Waals surface area contributed by atoms with E-state index in [4.69, 9.17) is 5.73 Å². The van der Waals surface area contributed by atoms with Gasteiger partial charge in [-0.3, -0.25) is 0 Å². The van der Waals surface area contributed by atoms with E-state index in [0.29, 0.717) is 0 Å². The van der Waals surface area contributed by atoms with Crippen LogP contribution >= 0.6 is 0 Å². The number of carbonyl (C=O) groups is 1. The summed E-state index contributed by atoms with van der Waals surface area (Å²) in [6.45, 7) is 3.57. The molecule has 0 amide bonds. The molecule has 1 aromatic heterocycles. The van der Waals surface area contributed by atoms with Crippen molar-refractivity contribution in [3.05, 3.63) is 18.2 Å². The van der Waals surface area contributed by atoms with E-state index < -0.39 is 12.0 Å². The standard InChI is InChI=1S/C8H14N2.C3H7NO2/c1-3-4-5-8-9-6-7-10(8)2;1-2(4)3(5)6/h6-7H,3-5H2,1-2H3;2H,4H2,1H3,(H,5,6)/t;2-/m.0/s1. The average molecular weight is 227 g/mol. The van der Waals surface area contributed by atoms with Crippen LogP contribution in [0.25, 0.3) is 0 Å². The molecule has 1 heterocycles. The first-order chi connectivity index (χ1) is 7.49. The Kier molecular flexibility index (Phi) is 7.20. The summed E-state index contributed by atoms with van der Waals surface area (Å²) in [7, 11) is 2.07. The van der Waals surface area contributed by atoms with Crippen LogP contribution in [0.4, 0.5) is 0 Å². The number of carbonyl (C=O) groups excluding carboxylic acids is 1. The lowest BCUT2D eigenvalue weighted by Crippen LogP contribution is -2.39. The van der Waals surface area contributed by atoms with Crippen molar-refractivity contribution in [2.24, 2.45) is 12.8 Å². The van der Waals surface area contributed by atoms with Crippen molar-refractivity contribution in [1.29, 1.82) is 0 Å². The SMILES string of the molecule is CCCCc1[nH]cc[n+]1C.C[C@H](N)C(=O)[O-]. The van der Waals surface area contributed by atoms with Crippen molar-refractivity contribution >= 4 is 5.97 Å². The lowest BCUT2D eigenvalue weighted by atomic mass is 10.2. The second kappa shape index (κ2) is 7.87. The molecule has 5 nitrogen and oxygen atoms in total. The highest BCUT2D eigenvalue weighted by Crippen LogP contribution is 1.94. The molecular formula is C11H21N3O2. The third kappa shape index (κ3) is 6.19. The van der Waals surface area contributed by atoms with Crippen LogP contribution in [-0.2, 0) is 18.3 Å². The van der Waals surface area contributed by atoms with Gasteiger partial charge < -0.3 is 15.6 Å². The van der Waals surface area contributed by atoms with Crippen LogP contribution in [0.3, 0.4) is 0 Å². The maximum absolute atomic E-state index is 9.46. The summed E-state index contributed by atoms with van der Waals surface area (Å²) in [4.78, 5) is 12.7. The molecule has 1 rings (SSSR count). The number of aryl methyl sites for hydroxylation is 2. The van der Waals surface area contributed by atoms with Gasteiger partial charge in [0.25, 0.3) is 5.82 Å². The molecule has 0 aromatic carbocycles. The van der Waals surface area contributed by atoms with Crippen molar-refractivity contribution in [3.63, 3.8) is 0 Å². The van der Waals surface area contributed by atoms with Crippen LogP contribution in [0.1, 0.15) is 32.5 Å². The Morgan fingerprint density at radius 3 is 2.56 bits per heavy atom. The van der Waals surface area contributed by atoms with Gasteiger partial charge in [-0.2, -0.15) is 0 Å². The van der Waals surface area contributed by atoms with Gasteiger partial charge in [-0.1, -0.05) is 13.3 Å². The number of nitrogens with one attached hydrogen (secondary N) is 1. The topological polar surface area (TPSA) is 85.8 Å². The Morgan fingerprint density at radius 2 is 2.25 bits per heavy atom. The number of nitrogens with two attached hydrogens (primary N) is 1.